The molecule has 3 aromatic rings. The Morgan fingerprint density at radius 3 is 2.49 bits per heavy atom. The minimum absolute atomic E-state index is 0.0235. The van der Waals surface area contributed by atoms with Crippen LogP contribution < -0.4 is 4.72 Å². The number of carbonyl (C=O) groups is 1. The van der Waals surface area contributed by atoms with E-state index in [1.807, 2.05) is 0 Å². The lowest BCUT2D eigenvalue weighted by Gasteiger charge is -2.24. The molecule has 1 aliphatic rings. The number of rotatable bonds is 10. The van der Waals surface area contributed by atoms with Crippen molar-refractivity contribution in [2.75, 3.05) is 13.1 Å². The van der Waals surface area contributed by atoms with Gasteiger partial charge < -0.3 is 14.5 Å². The molecule has 4 rings (SSSR count). The third-order valence-corrected chi connectivity index (χ3v) is 9.57. The van der Waals surface area contributed by atoms with E-state index in [2.05, 4.69) is 19.8 Å². The number of alkyl halides is 7. The first-order chi connectivity index (χ1) is 20.8. The molecule has 2 atom stereocenters. The Morgan fingerprint density at radius 1 is 1.27 bits per heavy atom. The molecule has 1 saturated heterocycles. The summed E-state index contributed by atoms with van der Waals surface area (Å²) in [6.07, 6.45) is -9.30. The maximum Gasteiger partial charge on any atom is 0.404 e. The van der Waals surface area contributed by atoms with E-state index >= 15 is 4.39 Å². The molecular weight excluding hydrogens is 658 g/mol. The molecule has 1 aliphatic heterocycles. The molecule has 0 bridgehead atoms. The number of benzene rings is 1. The summed E-state index contributed by atoms with van der Waals surface area (Å²) in [7, 11) is -1.76. The zero-order valence-corrected chi connectivity index (χ0v) is 25.9. The number of aliphatic hydroxyl groups is 1. The van der Waals surface area contributed by atoms with Gasteiger partial charge in [-0.05, 0) is 38.6 Å². The molecule has 0 radical (unpaired) electrons. The molecule has 3 heterocycles. The number of thiazole rings is 1. The second kappa shape index (κ2) is 13.0. The van der Waals surface area contributed by atoms with E-state index in [0.717, 1.165) is 17.0 Å². The number of aromatic nitrogens is 3. The number of likely N-dealkylation sites (tertiary alicyclic amines) is 1. The highest BCUT2D eigenvalue weighted by Gasteiger charge is 2.42. The number of carbonyl (C=O) groups excluding carboxylic acids is 1. The van der Waals surface area contributed by atoms with E-state index in [4.69, 9.17) is 4.52 Å². The molecule has 2 N–H and O–H groups in total. The molecule has 1 fully saturated rings. The van der Waals surface area contributed by atoms with Crippen molar-refractivity contribution in [1.29, 1.82) is 0 Å². The first-order valence-electron chi connectivity index (χ1n) is 13.5. The maximum atomic E-state index is 15.9. The molecule has 0 spiro atoms. The molecule has 0 aliphatic carbocycles. The SMILES string of the molecule is C/C=S(/N[C@@H](CC)C(F)(F)F)c1ccc(-c2sc(-c3noc(CC(C)(C)O)n3)nc2C(=O)N2CCC(F)(F)C2)c(C(F)F)c1F. The minimum atomic E-state index is -4.69. The van der Waals surface area contributed by atoms with E-state index in [1.54, 1.807) is 0 Å². The fourth-order valence-electron chi connectivity index (χ4n) is 4.53. The van der Waals surface area contributed by atoms with Crippen LogP contribution >= 0.6 is 22.0 Å². The van der Waals surface area contributed by atoms with Crippen molar-refractivity contribution in [3.63, 3.8) is 0 Å². The summed E-state index contributed by atoms with van der Waals surface area (Å²) in [4.78, 5) is 21.7. The van der Waals surface area contributed by atoms with Crippen LogP contribution in [0.2, 0.25) is 0 Å². The largest absolute Gasteiger partial charge is 0.404 e. The summed E-state index contributed by atoms with van der Waals surface area (Å²) < 4.78 is 121. The highest BCUT2D eigenvalue weighted by Crippen LogP contribution is 2.44. The van der Waals surface area contributed by atoms with E-state index in [-0.39, 0.29) is 34.6 Å². The van der Waals surface area contributed by atoms with E-state index in [0.29, 0.717) is 11.3 Å². The second-order valence-electron chi connectivity index (χ2n) is 10.9. The number of halogens is 8. The minimum Gasteiger partial charge on any atom is -0.390 e. The molecule has 0 saturated carbocycles. The summed E-state index contributed by atoms with van der Waals surface area (Å²) in [5, 5.41) is 14.9. The number of hydrogen-bond acceptors (Lipinski definition) is 8. The van der Waals surface area contributed by atoms with Crippen molar-refractivity contribution in [1.82, 2.24) is 24.7 Å². The Labute approximate surface area is 258 Å². The third kappa shape index (κ3) is 7.89. The van der Waals surface area contributed by atoms with Gasteiger partial charge in [0.1, 0.15) is 17.6 Å². The third-order valence-electron chi connectivity index (χ3n) is 6.68. The van der Waals surface area contributed by atoms with Gasteiger partial charge in [-0.3, -0.25) is 9.52 Å². The van der Waals surface area contributed by atoms with Crippen LogP contribution in [0.25, 0.3) is 21.3 Å². The summed E-state index contributed by atoms with van der Waals surface area (Å²) in [5.74, 6) is -5.95. The second-order valence-corrected chi connectivity index (χ2v) is 13.7. The zero-order chi connectivity index (χ0) is 33.5. The topological polar surface area (TPSA) is 104 Å². The van der Waals surface area contributed by atoms with Crippen LogP contribution in [0, 0.1) is 5.82 Å². The van der Waals surface area contributed by atoms with Gasteiger partial charge >= 0.3 is 6.18 Å². The highest BCUT2D eigenvalue weighted by molar-refractivity contribution is 8.13. The molecule has 45 heavy (non-hydrogen) atoms. The van der Waals surface area contributed by atoms with E-state index < -0.39 is 93.7 Å². The Bertz CT molecular complexity index is 1580. The lowest BCUT2D eigenvalue weighted by Crippen LogP contribution is -2.39. The van der Waals surface area contributed by atoms with E-state index in [9.17, 15) is 40.6 Å². The monoisotopic (exact) mass is 687 g/mol. The lowest BCUT2D eigenvalue weighted by molar-refractivity contribution is -0.151. The quantitative estimate of drug-likeness (QED) is 0.174. The van der Waals surface area contributed by atoms with Gasteiger partial charge in [-0.1, -0.05) is 28.8 Å². The predicted octanol–water partition coefficient (Wildman–Crippen LogP) is 7.03. The molecule has 18 heteroatoms. The number of amides is 1. The molecular formula is C27H29F8N5O3S2. The summed E-state index contributed by atoms with van der Waals surface area (Å²) in [5.41, 5.74) is -3.50. The van der Waals surface area contributed by atoms with Gasteiger partial charge in [0.15, 0.2) is 5.01 Å². The van der Waals surface area contributed by atoms with Crippen LogP contribution in [0.15, 0.2) is 21.6 Å². The van der Waals surface area contributed by atoms with Crippen LogP contribution in [0.1, 0.15) is 68.9 Å². The van der Waals surface area contributed by atoms with Crippen LogP contribution in [0.4, 0.5) is 35.1 Å². The Hall–Kier alpha value is -2.96. The van der Waals surface area contributed by atoms with Crippen molar-refractivity contribution >= 4 is 33.3 Å². The Balaban J connectivity index is 1.86. The van der Waals surface area contributed by atoms with Crippen LogP contribution in [0.3, 0.4) is 0 Å². The van der Waals surface area contributed by atoms with Gasteiger partial charge in [0.25, 0.3) is 18.3 Å². The van der Waals surface area contributed by atoms with Gasteiger partial charge in [-0.2, -0.15) is 18.2 Å². The van der Waals surface area contributed by atoms with Crippen molar-refractivity contribution in [3.8, 4) is 21.3 Å². The molecule has 1 amide bonds. The average molecular weight is 688 g/mol. The maximum absolute atomic E-state index is 15.9. The molecule has 1 unspecified atom stereocenters. The van der Waals surface area contributed by atoms with Crippen LogP contribution in [-0.4, -0.2) is 73.2 Å². The Morgan fingerprint density at radius 2 is 1.96 bits per heavy atom. The molecule has 1 aromatic carbocycles. The van der Waals surface area contributed by atoms with E-state index in [1.165, 1.54) is 33.1 Å². The first kappa shape index (κ1) is 34.9. The zero-order valence-electron chi connectivity index (χ0n) is 24.3. The summed E-state index contributed by atoms with van der Waals surface area (Å²) >= 11 is 0.598. The fourth-order valence-corrected chi connectivity index (χ4v) is 7.20. The standard InChI is InChI=1S/C27H29F8N5O3S2/c1-5-15(27(33,34)35)39-45(6-2)14-8-7-13(17(18(14)28)21(29)30)20-19(24(41)40-10-9-26(31,32)12-40)37-23(44-20)22-36-16(43-38-22)11-25(3,4)42/h6-8,15,21,39,42H,5,9-12H2,1-4H3/t15-,45?/m0/s1. The van der Waals surface area contributed by atoms with Crippen molar-refractivity contribution in [2.24, 2.45) is 0 Å². The van der Waals surface area contributed by atoms with Gasteiger partial charge in [0, 0.05) is 18.5 Å². The lowest BCUT2D eigenvalue weighted by atomic mass is 10.0. The number of nitrogens with zero attached hydrogens (tertiary/aromatic N) is 4. The number of hydrogen-bond donors (Lipinski definition) is 2. The van der Waals surface area contributed by atoms with Crippen molar-refractivity contribution in [3.05, 3.63) is 35.1 Å². The van der Waals surface area contributed by atoms with Crippen molar-refractivity contribution < 1.29 is 49.5 Å². The van der Waals surface area contributed by atoms with Crippen LogP contribution in [-0.2, 0) is 6.42 Å². The van der Waals surface area contributed by atoms with Crippen LogP contribution in [0.5, 0.6) is 0 Å². The first-order valence-corrected chi connectivity index (χ1v) is 15.6. The number of nitrogens with one attached hydrogen (secondary N) is 1. The smallest absolute Gasteiger partial charge is 0.390 e. The summed E-state index contributed by atoms with van der Waals surface area (Å²) in [6.45, 7) is 4.26. The Kier molecular flexibility index (Phi) is 10.1. The van der Waals surface area contributed by atoms with Gasteiger partial charge in [0.2, 0.25) is 11.7 Å². The van der Waals surface area contributed by atoms with Crippen molar-refractivity contribution in [2.45, 2.75) is 82.0 Å². The van der Waals surface area contributed by atoms with Gasteiger partial charge in [-0.25, -0.2) is 26.9 Å². The van der Waals surface area contributed by atoms with Gasteiger partial charge in [-0.15, -0.1) is 11.3 Å². The summed E-state index contributed by atoms with van der Waals surface area (Å²) in [6, 6.07) is 0.0139. The fraction of sp³-hybridized carbons (Fsp3) is 0.519. The molecule has 2 aromatic heterocycles. The molecule has 8 nitrogen and oxygen atoms in total. The normalized spacial score (nSPS) is 17.0. The molecule has 248 valence electrons. The average Bonchev–Trinajstić information content (AvgIpc) is 3.65. The van der Waals surface area contributed by atoms with Gasteiger partial charge in [0.05, 0.1) is 33.9 Å². The highest BCUT2D eigenvalue weighted by atomic mass is 32.2. The predicted molar refractivity (Wildman–Crippen MR) is 152 cm³/mol.